The van der Waals surface area contributed by atoms with Gasteiger partial charge in [-0.2, -0.15) is 0 Å². The van der Waals surface area contributed by atoms with Crippen LogP contribution in [0.3, 0.4) is 0 Å². The number of carbonyl (C=O) groups excluding carboxylic acids is 2. The molecular weight excluding hydrogens is 394 g/mol. The van der Waals surface area contributed by atoms with Crippen molar-refractivity contribution in [2.24, 2.45) is 0 Å². The first-order valence-corrected chi connectivity index (χ1v) is 10.6. The molecule has 160 valence electrons. The number of nitrogens with one attached hydrogen (secondary N) is 1. The van der Waals surface area contributed by atoms with E-state index in [1.807, 2.05) is 18.7 Å². The lowest BCUT2D eigenvalue weighted by molar-refractivity contribution is -0.121. The Kier molecular flexibility index (Phi) is 7.38. The maximum Gasteiger partial charge on any atom is 0.265 e. The SMILES string of the molecule is COCCCN1C(=O)COc2cc(Cl)c(C(=O)N(C(C)C)C3CCCNC3)cc21. The van der Waals surface area contributed by atoms with Crippen LogP contribution in [-0.2, 0) is 9.53 Å². The minimum absolute atomic E-state index is 0.0323. The van der Waals surface area contributed by atoms with Gasteiger partial charge in [0.05, 0.1) is 16.3 Å². The summed E-state index contributed by atoms with van der Waals surface area (Å²) >= 11 is 6.49. The number of hydrogen-bond donors (Lipinski definition) is 1. The minimum atomic E-state index is -0.133. The van der Waals surface area contributed by atoms with Crippen LogP contribution in [0.1, 0.15) is 43.5 Å². The second kappa shape index (κ2) is 9.78. The molecule has 0 bridgehead atoms. The van der Waals surface area contributed by atoms with Crippen LogP contribution in [0.25, 0.3) is 0 Å². The zero-order valence-electron chi connectivity index (χ0n) is 17.4. The quantitative estimate of drug-likeness (QED) is 0.683. The summed E-state index contributed by atoms with van der Waals surface area (Å²) in [6, 6.07) is 3.52. The number of hydrogen-bond acceptors (Lipinski definition) is 5. The fourth-order valence-corrected chi connectivity index (χ4v) is 4.26. The summed E-state index contributed by atoms with van der Waals surface area (Å²) in [7, 11) is 1.63. The highest BCUT2D eigenvalue weighted by Crippen LogP contribution is 2.38. The summed E-state index contributed by atoms with van der Waals surface area (Å²) in [6.07, 6.45) is 2.69. The van der Waals surface area contributed by atoms with Gasteiger partial charge in [0.1, 0.15) is 5.75 Å². The van der Waals surface area contributed by atoms with Gasteiger partial charge in [0.25, 0.3) is 11.8 Å². The van der Waals surface area contributed by atoms with Gasteiger partial charge in [-0.05, 0) is 45.7 Å². The van der Waals surface area contributed by atoms with Gasteiger partial charge < -0.3 is 24.6 Å². The molecule has 3 rings (SSSR count). The summed E-state index contributed by atoms with van der Waals surface area (Å²) < 4.78 is 10.7. The molecule has 8 heteroatoms. The number of amides is 2. The van der Waals surface area contributed by atoms with Crippen molar-refractivity contribution in [3.8, 4) is 5.75 Å². The molecule has 1 unspecified atom stereocenters. The predicted octanol–water partition coefficient (Wildman–Crippen LogP) is 2.70. The van der Waals surface area contributed by atoms with E-state index in [1.54, 1.807) is 24.1 Å². The zero-order valence-corrected chi connectivity index (χ0v) is 18.1. The van der Waals surface area contributed by atoms with Crippen molar-refractivity contribution >= 4 is 29.1 Å². The summed E-state index contributed by atoms with van der Waals surface area (Å²) in [6.45, 7) is 6.80. The third-order valence-electron chi connectivity index (χ3n) is 5.41. The number of ether oxygens (including phenoxy) is 2. The Balaban J connectivity index is 1.92. The molecule has 2 amide bonds. The lowest BCUT2D eigenvalue weighted by Crippen LogP contribution is -2.51. The van der Waals surface area contributed by atoms with Gasteiger partial charge in [-0.1, -0.05) is 11.6 Å². The molecule has 0 radical (unpaired) electrons. The number of methoxy groups -OCH3 is 1. The molecule has 1 aromatic rings. The van der Waals surface area contributed by atoms with Crippen molar-refractivity contribution in [1.29, 1.82) is 0 Å². The number of fused-ring (bicyclic) bond motifs is 1. The number of rotatable bonds is 7. The number of nitrogens with zero attached hydrogens (tertiary/aromatic N) is 2. The molecule has 2 aliphatic rings. The highest BCUT2D eigenvalue weighted by molar-refractivity contribution is 6.34. The van der Waals surface area contributed by atoms with Crippen LogP contribution in [-0.4, -0.2) is 68.8 Å². The Morgan fingerprint density at radius 1 is 1.45 bits per heavy atom. The van der Waals surface area contributed by atoms with Crippen LogP contribution in [0.15, 0.2) is 12.1 Å². The fraction of sp³-hybridized carbons (Fsp3) is 0.619. The molecule has 2 heterocycles. The molecular formula is C21H30ClN3O4. The van der Waals surface area contributed by atoms with Crippen LogP contribution in [0.4, 0.5) is 5.69 Å². The molecule has 1 atom stereocenters. The zero-order chi connectivity index (χ0) is 21.0. The Morgan fingerprint density at radius 3 is 2.90 bits per heavy atom. The van der Waals surface area contributed by atoms with Crippen molar-refractivity contribution in [2.75, 3.05) is 44.9 Å². The van der Waals surface area contributed by atoms with E-state index in [-0.39, 0.29) is 30.5 Å². The normalized spacial score (nSPS) is 19.1. The maximum atomic E-state index is 13.5. The minimum Gasteiger partial charge on any atom is -0.482 e. The number of anilines is 1. The third kappa shape index (κ3) is 4.85. The van der Waals surface area contributed by atoms with Crippen LogP contribution < -0.4 is 15.0 Å². The lowest BCUT2D eigenvalue weighted by atomic mass is 10.0. The van der Waals surface area contributed by atoms with E-state index < -0.39 is 0 Å². The van der Waals surface area contributed by atoms with Gasteiger partial charge >= 0.3 is 0 Å². The maximum absolute atomic E-state index is 13.5. The van der Waals surface area contributed by atoms with E-state index in [9.17, 15) is 9.59 Å². The first-order chi connectivity index (χ1) is 13.9. The third-order valence-corrected chi connectivity index (χ3v) is 5.72. The molecule has 0 aromatic heterocycles. The van der Waals surface area contributed by atoms with E-state index in [1.165, 1.54) is 0 Å². The smallest absolute Gasteiger partial charge is 0.265 e. The summed E-state index contributed by atoms with van der Waals surface area (Å²) in [4.78, 5) is 29.5. The Morgan fingerprint density at radius 2 is 2.24 bits per heavy atom. The Hall–Kier alpha value is -1.83. The molecule has 1 aromatic carbocycles. The van der Waals surface area contributed by atoms with Gasteiger partial charge in [-0.15, -0.1) is 0 Å². The lowest BCUT2D eigenvalue weighted by Gasteiger charge is -2.38. The van der Waals surface area contributed by atoms with Crippen molar-refractivity contribution in [3.05, 3.63) is 22.7 Å². The highest BCUT2D eigenvalue weighted by Gasteiger charge is 2.32. The van der Waals surface area contributed by atoms with E-state index in [4.69, 9.17) is 21.1 Å². The molecule has 29 heavy (non-hydrogen) atoms. The average Bonchev–Trinajstić information content (AvgIpc) is 2.70. The molecule has 1 N–H and O–H groups in total. The van der Waals surface area contributed by atoms with Gasteiger partial charge in [0, 0.05) is 45.0 Å². The Labute approximate surface area is 177 Å². The largest absolute Gasteiger partial charge is 0.482 e. The van der Waals surface area contributed by atoms with Gasteiger partial charge in [-0.25, -0.2) is 0 Å². The van der Waals surface area contributed by atoms with Crippen molar-refractivity contribution in [2.45, 2.75) is 45.2 Å². The van der Waals surface area contributed by atoms with E-state index >= 15 is 0 Å². The molecule has 1 fully saturated rings. The topological polar surface area (TPSA) is 71.1 Å². The monoisotopic (exact) mass is 423 g/mol. The van der Waals surface area contributed by atoms with Gasteiger partial charge in [-0.3, -0.25) is 9.59 Å². The summed E-state index contributed by atoms with van der Waals surface area (Å²) in [5.41, 5.74) is 0.996. The fourth-order valence-electron chi connectivity index (χ4n) is 4.03. The average molecular weight is 424 g/mol. The van der Waals surface area contributed by atoms with Crippen molar-refractivity contribution in [1.82, 2.24) is 10.2 Å². The van der Waals surface area contributed by atoms with Crippen LogP contribution in [0.5, 0.6) is 5.75 Å². The number of piperidine rings is 1. The van der Waals surface area contributed by atoms with Gasteiger partial charge in [0.2, 0.25) is 0 Å². The number of halogens is 1. The second-order valence-corrected chi connectivity index (χ2v) is 8.19. The van der Waals surface area contributed by atoms with Crippen LogP contribution in [0, 0.1) is 0 Å². The van der Waals surface area contributed by atoms with Gasteiger partial charge in [0.15, 0.2) is 6.61 Å². The summed E-state index contributed by atoms with van der Waals surface area (Å²) in [5, 5.41) is 3.71. The standard InChI is InChI=1S/C21H30ClN3O4/c1-14(2)25(15-6-4-7-23-12-15)21(27)16-10-18-19(11-17(16)22)29-13-20(26)24(18)8-5-9-28-3/h10-11,14-15,23H,4-9,12-13H2,1-3H3. The summed E-state index contributed by atoms with van der Waals surface area (Å²) in [5.74, 6) is 0.280. The molecule has 7 nitrogen and oxygen atoms in total. The van der Waals surface area contributed by atoms with E-state index in [2.05, 4.69) is 5.32 Å². The molecule has 2 aliphatic heterocycles. The molecule has 1 saturated heterocycles. The Bertz CT molecular complexity index is 750. The molecule has 0 aliphatic carbocycles. The predicted molar refractivity (Wildman–Crippen MR) is 113 cm³/mol. The first kappa shape index (κ1) is 21.9. The molecule has 0 saturated carbocycles. The van der Waals surface area contributed by atoms with E-state index in [0.717, 1.165) is 25.9 Å². The molecule has 0 spiro atoms. The highest BCUT2D eigenvalue weighted by atomic mass is 35.5. The second-order valence-electron chi connectivity index (χ2n) is 7.79. The van der Waals surface area contributed by atoms with E-state index in [0.29, 0.717) is 41.6 Å². The first-order valence-electron chi connectivity index (χ1n) is 10.2. The number of benzene rings is 1. The van der Waals surface area contributed by atoms with Crippen LogP contribution in [0.2, 0.25) is 5.02 Å². The van der Waals surface area contributed by atoms with Crippen molar-refractivity contribution < 1.29 is 19.1 Å². The number of carbonyl (C=O) groups is 2. The van der Waals surface area contributed by atoms with Crippen molar-refractivity contribution in [3.63, 3.8) is 0 Å². The van der Waals surface area contributed by atoms with Crippen LogP contribution >= 0.6 is 11.6 Å².